The number of rotatable bonds is 4. The van der Waals surface area contributed by atoms with Crippen LogP contribution in [0.4, 0.5) is 10.5 Å². The Morgan fingerprint density at radius 2 is 1.76 bits per heavy atom. The van der Waals surface area contributed by atoms with Gasteiger partial charge in [0.2, 0.25) is 5.91 Å². The Morgan fingerprint density at radius 1 is 1.06 bits per heavy atom. The first kappa shape index (κ1) is 21.7. The molecule has 1 atom stereocenters. The molecule has 2 aromatic carbocycles. The fourth-order valence-corrected chi connectivity index (χ4v) is 4.99. The number of hydrogen-bond acceptors (Lipinski definition) is 4. The minimum absolute atomic E-state index is 0.112. The molecular formula is C25H25N5O4. The van der Waals surface area contributed by atoms with Gasteiger partial charge >= 0.3 is 6.03 Å². The molecule has 2 heterocycles. The lowest BCUT2D eigenvalue weighted by molar-refractivity contribution is -0.134. The van der Waals surface area contributed by atoms with Gasteiger partial charge in [-0.1, -0.05) is 42.5 Å². The largest absolute Gasteiger partial charge is 0.325 e. The molecule has 0 radical (unpaired) electrons. The summed E-state index contributed by atoms with van der Waals surface area (Å²) in [4.78, 5) is 53.1. The molecule has 3 aromatic rings. The number of aromatic nitrogens is 2. The van der Waals surface area contributed by atoms with E-state index < -0.39 is 35.5 Å². The first-order valence-electron chi connectivity index (χ1n) is 11.2. The lowest BCUT2D eigenvalue weighted by Gasteiger charge is -2.33. The third kappa shape index (κ3) is 3.23. The quantitative estimate of drug-likeness (QED) is 0.584. The van der Waals surface area contributed by atoms with Gasteiger partial charge in [-0.25, -0.2) is 9.48 Å². The van der Waals surface area contributed by atoms with Crippen molar-refractivity contribution in [2.24, 2.45) is 7.05 Å². The van der Waals surface area contributed by atoms with Crippen LogP contribution >= 0.6 is 0 Å². The molecule has 2 aliphatic rings. The molecule has 1 spiro atoms. The summed E-state index contributed by atoms with van der Waals surface area (Å²) in [5.41, 5.74) is 1.59. The van der Waals surface area contributed by atoms with Crippen molar-refractivity contribution in [3.63, 3.8) is 0 Å². The van der Waals surface area contributed by atoms with Crippen molar-refractivity contribution in [1.82, 2.24) is 19.6 Å². The second-order valence-corrected chi connectivity index (χ2v) is 8.72. The summed E-state index contributed by atoms with van der Waals surface area (Å²) in [6.07, 6.45) is 2.07. The van der Waals surface area contributed by atoms with E-state index in [0.717, 1.165) is 28.9 Å². The van der Waals surface area contributed by atoms with Crippen LogP contribution < -0.4 is 16.2 Å². The Kier molecular flexibility index (Phi) is 5.11. The van der Waals surface area contributed by atoms with Crippen molar-refractivity contribution in [2.45, 2.75) is 31.7 Å². The van der Waals surface area contributed by atoms with E-state index in [4.69, 9.17) is 0 Å². The number of imide groups is 1. The molecule has 4 amide bonds. The van der Waals surface area contributed by atoms with Crippen molar-refractivity contribution in [2.75, 3.05) is 11.9 Å². The minimum atomic E-state index is -1.14. The smallest absolute Gasteiger partial charge is 0.319 e. The molecule has 9 heteroatoms. The summed E-state index contributed by atoms with van der Waals surface area (Å²) < 4.78 is 3.10. The van der Waals surface area contributed by atoms with E-state index in [2.05, 4.69) is 10.6 Å². The summed E-state index contributed by atoms with van der Waals surface area (Å²) in [6.45, 7) is 1.24. The van der Waals surface area contributed by atoms with Gasteiger partial charge in [0.1, 0.15) is 17.8 Å². The highest BCUT2D eigenvalue weighted by molar-refractivity contribution is 6.10. The SMILES string of the molecule is Cc1c(NC(=O)CN2C(=O)N[C@@]3(CCCc4ccccc43)C2=O)c(=O)n(-c2ccccc2)n1C. The van der Waals surface area contributed by atoms with Crippen LogP contribution in [0.15, 0.2) is 59.4 Å². The van der Waals surface area contributed by atoms with E-state index in [1.165, 1.54) is 4.68 Å². The van der Waals surface area contributed by atoms with Crippen LogP contribution in [0, 0.1) is 6.92 Å². The first-order valence-corrected chi connectivity index (χ1v) is 11.2. The van der Waals surface area contributed by atoms with E-state index in [1.807, 2.05) is 42.5 Å². The molecule has 0 unspecified atom stereocenters. The highest BCUT2D eigenvalue weighted by Crippen LogP contribution is 2.39. The topological polar surface area (TPSA) is 105 Å². The zero-order valence-electron chi connectivity index (χ0n) is 19.0. The second-order valence-electron chi connectivity index (χ2n) is 8.72. The van der Waals surface area contributed by atoms with Gasteiger partial charge in [0, 0.05) is 7.05 Å². The fourth-order valence-electron chi connectivity index (χ4n) is 4.99. The number of fused-ring (bicyclic) bond motifs is 2. The number of amides is 4. The number of anilines is 1. The fraction of sp³-hybridized carbons (Fsp3) is 0.280. The molecule has 1 aromatic heterocycles. The van der Waals surface area contributed by atoms with Crippen LogP contribution in [0.2, 0.25) is 0 Å². The molecule has 2 N–H and O–H groups in total. The summed E-state index contributed by atoms with van der Waals surface area (Å²) in [5, 5.41) is 5.46. The molecule has 1 fully saturated rings. The van der Waals surface area contributed by atoms with E-state index in [1.54, 1.807) is 30.8 Å². The molecule has 174 valence electrons. The van der Waals surface area contributed by atoms with Crippen molar-refractivity contribution in [3.8, 4) is 5.69 Å². The van der Waals surface area contributed by atoms with Gasteiger partial charge in [0.25, 0.3) is 11.5 Å². The van der Waals surface area contributed by atoms with Gasteiger partial charge in [-0.15, -0.1) is 0 Å². The maximum atomic E-state index is 13.4. The van der Waals surface area contributed by atoms with Crippen LogP contribution in [0.3, 0.4) is 0 Å². The number of aryl methyl sites for hydroxylation is 1. The Morgan fingerprint density at radius 3 is 2.53 bits per heavy atom. The van der Waals surface area contributed by atoms with Crippen LogP contribution in [0.1, 0.15) is 29.7 Å². The zero-order valence-corrected chi connectivity index (χ0v) is 19.0. The Labute approximate surface area is 196 Å². The van der Waals surface area contributed by atoms with E-state index in [9.17, 15) is 19.2 Å². The van der Waals surface area contributed by atoms with E-state index in [0.29, 0.717) is 17.8 Å². The summed E-state index contributed by atoms with van der Waals surface area (Å²) in [6, 6.07) is 16.0. The van der Waals surface area contributed by atoms with Crippen LogP contribution in [0.5, 0.6) is 0 Å². The standard InChI is InChI=1S/C25H25N5O4/c1-16-21(22(32)30(28(16)2)18-11-4-3-5-12-18)26-20(31)15-29-23(33)25(27-24(29)34)14-8-10-17-9-6-7-13-19(17)25/h3-7,9,11-13H,8,10,14-15H2,1-2H3,(H,26,31)(H,27,34)/t25-/m1/s1. The number of nitrogens with zero attached hydrogens (tertiary/aromatic N) is 3. The average molecular weight is 460 g/mol. The molecule has 34 heavy (non-hydrogen) atoms. The monoisotopic (exact) mass is 459 g/mol. The zero-order chi connectivity index (χ0) is 24.0. The first-order chi connectivity index (χ1) is 16.3. The predicted molar refractivity (Wildman–Crippen MR) is 126 cm³/mol. The number of para-hydroxylation sites is 1. The third-order valence-corrected chi connectivity index (χ3v) is 6.77. The van der Waals surface area contributed by atoms with E-state index in [-0.39, 0.29) is 5.69 Å². The van der Waals surface area contributed by atoms with Gasteiger partial charge in [-0.2, -0.15) is 0 Å². The molecule has 1 saturated heterocycles. The number of carbonyl (C=O) groups excluding carboxylic acids is 3. The highest BCUT2D eigenvalue weighted by atomic mass is 16.2. The van der Waals surface area contributed by atoms with Gasteiger partial charge < -0.3 is 10.6 Å². The molecule has 0 bridgehead atoms. The molecule has 1 aliphatic heterocycles. The number of hydrogen-bond donors (Lipinski definition) is 2. The minimum Gasteiger partial charge on any atom is -0.319 e. The molecule has 5 rings (SSSR count). The number of benzene rings is 2. The number of nitrogens with one attached hydrogen (secondary N) is 2. The van der Waals surface area contributed by atoms with Gasteiger partial charge in [0.15, 0.2) is 0 Å². The van der Waals surface area contributed by atoms with Crippen LogP contribution in [-0.2, 0) is 28.6 Å². The van der Waals surface area contributed by atoms with Crippen molar-refractivity contribution in [1.29, 1.82) is 0 Å². The van der Waals surface area contributed by atoms with Crippen molar-refractivity contribution in [3.05, 3.63) is 81.8 Å². The predicted octanol–water partition coefficient (Wildman–Crippen LogP) is 2.21. The summed E-state index contributed by atoms with van der Waals surface area (Å²) >= 11 is 0. The summed E-state index contributed by atoms with van der Waals surface area (Å²) in [5.74, 6) is -1.05. The van der Waals surface area contributed by atoms with Gasteiger partial charge in [-0.3, -0.25) is 24.0 Å². The number of urea groups is 1. The van der Waals surface area contributed by atoms with Crippen molar-refractivity contribution >= 4 is 23.5 Å². The van der Waals surface area contributed by atoms with Crippen LogP contribution in [0.25, 0.3) is 5.69 Å². The van der Waals surface area contributed by atoms with Gasteiger partial charge in [-0.05, 0) is 49.4 Å². The molecule has 0 saturated carbocycles. The van der Waals surface area contributed by atoms with Crippen LogP contribution in [-0.4, -0.2) is 38.7 Å². The highest BCUT2D eigenvalue weighted by Gasteiger charge is 2.54. The van der Waals surface area contributed by atoms with E-state index >= 15 is 0 Å². The van der Waals surface area contributed by atoms with Crippen molar-refractivity contribution < 1.29 is 14.4 Å². The molecule has 1 aliphatic carbocycles. The Hall–Kier alpha value is -4.14. The van der Waals surface area contributed by atoms with Gasteiger partial charge in [0.05, 0.1) is 11.4 Å². The summed E-state index contributed by atoms with van der Waals surface area (Å²) in [7, 11) is 1.72. The lowest BCUT2D eigenvalue weighted by Crippen LogP contribution is -2.47. The Bertz CT molecular complexity index is 1370. The maximum Gasteiger partial charge on any atom is 0.325 e. The normalized spacial score (nSPS) is 19.3. The second kappa shape index (κ2) is 8.02. The number of carbonyl (C=O) groups is 3. The molecular weight excluding hydrogens is 434 g/mol. The Balaban J connectivity index is 1.39. The lowest BCUT2D eigenvalue weighted by atomic mass is 9.76. The molecule has 9 nitrogen and oxygen atoms in total. The maximum absolute atomic E-state index is 13.4. The third-order valence-electron chi connectivity index (χ3n) is 6.77. The average Bonchev–Trinajstić information content (AvgIpc) is 3.19.